The lowest BCUT2D eigenvalue weighted by atomic mass is 10.2. The van der Waals surface area contributed by atoms with Crippen LogP contribution < -0.4 is 9.47 Å². The fourth-order valence-corrected chi connectivity index (χ4v) is 2.69. The fourth-order valence-electron chi connectivity index (χ4n) is 2.69. The topological polar surface area (TPSA) is 127 Å². The molecule has 1 atom stereocenters. The van der Waals surface area contributed by atoms with Gasteiger partial charge in [-0.1, -0.05) is 0 Å². The van der Waals surface area contributed by atoms with E-state index in [1.807, 2.05) is 0 Å². The third-order valence-electron chi connectivity index (χ3n) is 4.18. The molecule has 10 heteroatoms. The Morgan fingerprint density at radius 3 is 2.55 bits per heavy atom. The van der Waals surface area contributed by atoms with E-state index in [-0.39, 0.29) is 17.5 Å². The van der Waals surface area contributed by atoms with Crippen LogP contribution in [0, 0.1) is 10.1 Å². The summed E-state index contributed by atoms with van der Waals surface area (Å²) in [6.07, 6.45) is -0.796. The van der Waals surface area contributed by atoms with Gasteiger partial charge in [-0.25, -0.2) is 4.79 Å². The third-order valence-corrected chi connectivity index (χ3v) is 4.18. The lowest BCUT2D eigenvalue weighted by molar-refractivity contribution is -0.384. The van der Waals surface area contributed by atoms with Crippen LogP contribution in [0.3, 0.4) is 0 Å². The van der Waals surface area contributed by atoms with Crippen molar-refractivity contribution < 1.29 is 28.3 Å². The predicted octanol–water partition coefficient (Wildman–Crippen LogP) is 3.33. The van der Waals surface area contributed by atoms with Gasteiger partial charge >= 0.3 is 5.97 Å². The van der Waals surface area contributed by atoms with Crippen LogP contribution in [0.15, 0.2) is 46.9 Å². The van der Waals surface area contributed by atoms with Crippen molar-refractivity contribution in [1.82, 2.24) is 10.2 Å². The normalized spacial score (nSPS) is 13.6. The van der Waals surface area contributed by atoms with Gasteiger partial charge in [-0.05, 0) is 37.3 Å². The summed E-state index contributed by atoms with van der Waals surface area (Å²) in [4.78, 5) is 22.7. The number of benzene rings is 2. The van der Waals surface area contributed by atoms with Crippen molar-refractivity contribution in [3.63, 3.8) is 0 Å². The molecule has 4 rings (SSSR count). The maximum atomic E-state index is 12.4. The summed E-state index contributed by atoms with van der Waals surface area (Å²) < 4.78 is 21.8. The van der Waals surface area contributed by atoms with Gasteiger partial charge in [-0.15, -0.1) is 10.2 Å². The van der Waals surface area contributed by atoms with E-state index in [1.165, 1.54) is 24.3 Å². The molecule has 3 aromatic rings. The highest BCUT2D eigenvalue weighted by Crippen LogP contribution is 2.31. The van der Waals surface area contributed by atoms with Gasteiger partial charge in [0, 0.05) is 17.7 Å². The molecular formula is C19H15N3O7. The van der Waals surface area contributed by atoms with Crippen LogP contribution in [0.2, 0.25) is 0 Å². The van der Waals surface area contributed by atoms with Crippen molar-refractivity contribution >= 4 is 11.7 Å². The van der Waals surface area contributed by atoms with E-state index in [9.17, 15) is 14.9 Å². The number of ether oxygens (including phenoxy) is 3. The summed E-state index contributed by atoms with van der Waals surface area (Å²) in [5.74, 6) is 0.744. The first-order valence-corrected chi connectivity index (χ1v) is 8.70. The number of nitro benzene ring substituents is 1. The van der Waals surface area contributed by atoms with Gasteiger partial charge in [0.05, 0.1) is 10.5 Å². The molecule has 0 bridgehead atoms. The molecule has 1 aliphatic heterocycles. The third kappa shape index (κ3) is 3.86. The van der Waals surface area contributed by atoms with Crippen LogP contribution in [0.25, 0.3) is 11.5 Å². The molecule has 0 aliphatic carbocycles. The van der Waals surface area contributed by atoms with Gasteiger partial charge in [0.25, 0.3) is 11.6 Å². The van der Waals surface area contributed by atoms with Gasteiger partial charge in [0.15, 0.2) is 17.6 Å². The summed E-state index contributed by atoms with van der Waals surface area (Å²) in [5, 5.41) is 18.5. The molecule has 29 heavy (non-hydrogen) atoms. The molecule has 0 spiro atoms. The molecule has 0 saturated heterocycles. The molecule has 0 fully saturated rings. The van der Waals surface area contributed by atoms with Crippen LogP contribution in [0.5, 0.6) is 11.5 Å². The number of carbonyl (C=O) groups excluding carboxylic acids is 1. The number of non-ortho nitro benzene ring substituents is 1. The lowest BCUT2D eigenvalue weighted by Crippen LogP contribution is -2.16. The minimum Gasteiger partial charge on any atom is -0.486 e. The summed E-state index contributed by atoms with van der Waals surface area (Å²) in [6, 6.07) is 10.5. The van der Waals surface area contributed by atoms with E-state index in [4.69, 9.17) is 18.6 Å². The number of fused-ring (bicyclic) bond motifs is 1. The predicted molar refractivity (Wildman–Crippen MR) is 97.7 cm³/mol. The molecule has 0 amide bonds. The molecular weight excluding hydrogens is 382 g/mol. The highest BCUT2D eigenvalue weighted by Gasteiger charge is 2.22. The maximum Gasteiger partial charge on any atom is 0.339 e. The van der Waals surface area contributed by atoms with Gasteiger partial charge in [-0.3, -0.25) is 10.1 Å². The monoisotopic (exact) mass is 397 g/mol. The largest absolute Gasteiger partial charge is 0.486 e. The van der Waals surface area contributed by atoms with Crippen LogP contribution in [0.1, 0.15) is 29.3 Å². The minimum absolute atomic E-state index is 0.0461. The van der Waals surface area contributed by atoms with E-state index in [2.05, 4.69) is 10.2 Å². The molecule has 2 heterocycles. The molecule has 10 nitrogen and oxygen atoms in total. The second-order valence-electron chi connectivity index (χ2n) is 6.16. The Bertz CT molecular complexity index is 1060. The zero-order valence-electron chi connectivity index (χ0n) is 15.2. The van der Waals surface area contributed by atoms with Gasteiger partial charge in [0.2, 0.25) is 5.89 Å². The number of hydrogen-bond acceptors (Lipinski definition) is 9. The van der Waals surface area contributed by atoms with Crippen LogP contribution in [-0.4, -0.2) is 34.3 Å². The van der Waals surface area contributed by atoms with E-state index in [0.29, 0.717) is 35.8 Å². The first-order chi connectivity index (χ1) is 14.0. The summed E-state index contributed by atoms with van der Waals surface area (Å²) in [6.45, 7) is 2.47. The molecule has 0 saturated carbocycles. The maximum absolute atomic E-state index is 12.4. The number of carbonyl (C=O) groups is 1. The van der Waals surface area contributed by atoms with Gasteiger partial charge < -0.3 is 18.6 Å². The first-order valence-electron chi connectivity index (χ1n) is 8.70. The Kier molecular flexibility index (Phi) is 4.82. The molecule has 1 aromatic heterocycles. The number of rotatable bonds is 5. The van der Waals surface area contributed by atoms with Crippen LogP contribution in [0.4, 0.5) is 5.69 Å². The average Bonchev–Trinajstić information content (AvgIpc) is 3.24. The molecule has 0 N–H and O–H groups in total. The zero-order valence-corrected chi connectivity index (χ0v) is 15.2. The first kappa shape index (κ1) is 18.4. The van der Waals surface area contributed by atoms with Crippen LogP contribution >= 0.6 is 0 Å². The summed E-state index contributed by atoms with van der Waals surface area (Å²) in [7, 11) is 0. The highest BCUT2D eigenvalue weighted by molar-refractivity contribution is 5.90. The number of aromatic nitrogens is 2. The molecule has 0 radical (unpaired) electrons. The van der Waals surface area contributed by atoms with E-state index in [1.54, 1.807) is 25.1 Å². The quantitative estimate of drug-likeness (QED) is 0.362. The minimum atomic E-state index is -0.796. The second kappa shape index (κ2) is 7.58. The number of nitrogens with zero attached hydrogens (tertiary/aromatic N) is 3. The highest BCUT2D eigenvalue weighted by atomic mass is 16.6. The van der Waals surface area contributed by atoms with Gasteiger partial charge in [0.1, 0.15) is 13.2 Å². The number of esters is 1. The Morgan fingerprint density at radius 2 is 1.83 bits per heavy atom. The molecule has 1 aliphatic rings. The van der Waals surface area contributed by atoms with Crippen molar-refractivity contribution in [3.05, 3.63) is 64.0 Å². The zero-order chi connectivity index (χ0) is 20.4. The van der Waals surface area contributed by atoms with E-state index >= 15 is 0 Å². The van der Waals surface area contributed by atoms with Crippen molar-refractivity contribution in [1.29, 1.82) is 0 Å². The lowest BCUT2D eigenvalue weighted by Gasteiger charge is -2.18. The second-order valence-corrected chi connectivity index (χ2v) is 6.16. The fraction of sp³-hybridized carbons (Fsp3) is 0.211. The number of hydrogen-bond donors (Lipinski definition) is 0. The Hall–Kier alpha value is -3.95. The van der Waals surface area contributed by atoms with E-state index < -0.39 is 17.0 Å². The van der Waals surface area contributed by atoms with Crippen molar-refractivity contribution in [2.24, 2.45) is 0 Å². The molecule has 2 aromatic carbocycles. The summed E-state index contributed by atoms with van der Waals surface area (Å²) >= 11 is 0. The average molecular weight is 397 g/mol. The van der Waals surface area contributed by atoms with Gasteiger partial charge in [-0.2, -0.15) is 0 Å². The van der Waals surface area contributed by atoms with Crippen LogP contribution in [-0.2, 0) is 4.74 Å². The molecule has 148 valence electrons. The van der Waals surface area contributed by atoms with Crippen molar-refractivity contribution in [2.75, 3.05) is 13.2 Å². The molecule has 0 unspecified atom stereocenters. The number of nitro groups is 1. The Balaban J connectivity index is 1.45. The Morgan fingerprint density at radius 1 is 1.10 bits per heavy atom. The SMILES string of the molecule is C[C@H](OC(=O)c1ccc2c(c1)OCCO2)c1nnc(-c2ccc([N+](=O)[O-])cc2)o1. The summed E-state index contributed by atoms with van der Waals surface area (Å²) in [5.41, 5.74) is 0.770. The van der Waals surface area contributed by atoms with E-state index in [0.717, 1.165) is 0 Å². The standard InChI is InChI=1S/C19H15N3O7/c1-11(28-19(23)13-4-7-15-16(10-13)27-9-8-26-15)17-20-21-18(29-17)12-2-5-14(6-3-12)22(24)25/h2-7,10-11H,8-9H2,1H3/t11-/m0/s1. The Labute approximate surface area is 164 Å². The van der Waals surface area contributed by atoms with Crippen molar-refractivity contribution in [3.8, 4) is 23.0 Å². The smallest absolute Gasteiger partial charge is 0.339 e. The van der Waals surface area contributed by atoms with Crippen molar-refractivity contribution in [2.45, 2.75) is 13.0 Å².